The number of nitrogens with zero attached hydrogens (tertiary/aromatic N) is 3. The van der Waals surface area contributed by atoms with Gasteiger partial charge >= 0.3 is 0 Å². The van der Waals surface area contributed by atoms with E-state index in [-0.39, 0.29) is 5.69 Å². The Hall–Kier alpha value is -3.61. The number of para-hydroxylation sites is 1. The normalized spacial score (nSPS) is 11.0. The topological polar surface area (TPSA) is 59.8 Å². The fourth-order valence-corrected chi connectivity index (χ4v) is 3.12. The third-order valence-corrected chi connectivity index (χ3v) is 4.37. The van der Waals surface area contributed by atoms with Gasteiger partial charge in [0.1, 0.15) is 11.6 Å². The van der Waals surface area contributed by atoms with Crippen molar-refractivity contribution in [2.75, 3.05) is 5.32 Å². The zero-order chi connectivity index (χ0) is 19.8. The maximum absolute atomic E-state index is 13.9. The van der Waals surface area contributed by atoms with Crippen LogP contribution in [0.15, 0.2) is 54.6 Å². The van der Waals surface area contributed by atoms with Gasteiger partial charge in [0.2, 0.25) is 0 Å². The molecule has 7 heteroatoms. The Kier molecular flexibility index (Phi) is 4.35. The van der Waals surface area contributed by atoms with Crippen molar-refractivity contribution in [1.29, 1.82) is 0 Å². The molecule has 1 N–H and O–H groups in total. The number of carbonyl (C=O) groups excluding carboxylic acids is 1. The number of benzene rings is 2. The molecular weight excluding hydrogens is 362 g/mol. The number of amides is 1. The summed E-state index contributed by atoms with van der Waals surface area (Å²) in [5.41, 5.74) is 2.82. The molecule has 28 heavy (non-hydrogen) atoms. The number of fused-ring (bicyclic) bond motifs is 1. The minimum Gasteiger partial charge on any atom is -0.319 e. The molecule has 0 aliphatic carbocycles. The van der Waals surface area contributed by atoms with Crippen LogP contribution in [0.25, 0.3) is 16.7 Å². The van der Waals surface area contributed by atoms with E-state index in [0.717, 1.165) is 17.8 Å². The summed E-state index contributed by atoms with van der Waals surface area (Å²) in [7, 11) is 0. The predicted molar refractivity (Wildman–Crippen MR) is 103 cm³/mol. The molecule has 2 aromatic heterocycles. The molecule has 0 atom stereocenters. The summed E-state index contributed by atoms with van der Waals surface area (Å²) in [6.07, 6.45) is 0. The number of aryl methyl sites for hydroxylation is 2. The van der Waals surface area contributed by atoms with E-state index in [4.69, 9.17) is 0 Å². The second kappa shape index (κ2) is 6.84. The molecule has 5 nitrogen and oxygen atoms in total. The second-order valence-electron chi connectivity index (χ2n) is 6.42. The summed E-state index contributed by atoms with van der Waals surface area (Å²) in [4.78, 5) is 17.4. The van der Waals surface area contributed by atoms with E-state index in [1.54, 1.807) is 24.6 Å². The SMILES string of the molecule is Cc1cc(C(=O)Nc2ccc(F)cc2F)c2c(C)nn(-c3ccccc3)c2n1. The van der Waals surface area contributed by atoms with Crippen molar-refractivity contribution in [2.45, 2.75) is 13.8 Å². The van der Waals surface area contributed by atoms with Gasteiger partial charge in [-0.05, 0) is 44.2 Å². The first kappa shape index (κ1) is 17.8. The van der Waals surface area contributed by atoms with Gasteiger partial charge in [-0.2, -0.15) is 5.10 Å². The molecule has 0 saturated carbocycles. The van der Waals surface area contributed by atoms with Crippen molar-refractivity contribution < 1.29 is 13.6 Å². The minimum absolute atomic E-state index is 0.0953. The number of hydrogen-bond acceptors (Lipinski definition) is 3. The van der Waals surface area contributed by atoms with E-state index >= 15 is 0 Å². The van der Waals surface area contributed by atoms with Crippen molar-refractivity contribution in [1.82, 2.24) is 14.8 Å². The van der Waals surface area contributed by atoms with Crippen LogP contribution in [-0.2, 0) is 0 Å². The number of pyridine rings is 1. The van der Waals surface area contributed by atoms with E-state index in [1.807, 2.05) is 30.3 Å². The van der Waals surface area contributed by atoms with Crippen LogP contribution < -0.4 is 5.32 Å². The highest BCUT2D eigenvalue weighted by atomic mass is 19.1. The van der Waals surface area contributed by atoms with Gasteiger partial charge in [-0.25, -0.2) is 18.4 Å². The first-order chi connectivity index (χ1) is 13.4. The zero-order valence-electron chi connectivity index (χ0n) is 15.2. The summed E-state index contributed by atoms with van der Waals surface area (Å²) in [6.45, 7) is 3.56. The Bertz CT molecular complexity index is 1200. The van der Waals surface area contributed by atoms with E-state index in [1.165, 1.54) is 6.07 Å². The van der Waals surface area contributed by atoms with Gasteiger partial charge in [0.05, 0.1) is 28.0 Å². The number of hydrogen-bond donors (Lipinski definition) is 1. The number of aromatic nitrogens is 3. The Labute approximate surface area is 159 Å². The largest absolute Gasteiger partial charge is 0.319 e. The van der Waals surface area contributed by atoms with Gasteiger partial charge in [0, 0.05) is 11.8 Å². The molecule has 0 saturated heterocycles. The highest BCUT2D eigenvalue weighted by Crippen LogP contribution is 2.26. The summed E-state index contributed by atoms with van der Waals surface area (Å²) in [5, 5.41) is 7.61. The molecule has 140 valence electrons. The highest BCUT2D eigenvalue weighted by molar-refractivity contribution is 6.12. The summed E-state index contributed by atoms with van der Waals surface area (Å²) in [5.74, 6) is -2.07. The van der Waals surface area contributed by atoms with Crippen molar-refractivity contribution in [3.63, 3.8) is 0 Å². The van der Waals surface area contributed by atoms with Gasteiger partial charge in [-0.3, -0.25) is 4.79 Å². The molecule has 0 spiro atoms. The van der Waals surface area contributed by atoms with Gasteiger partial charge in [0.25, 0.3) is 5.91 Å². The standard InChI is InChI=1S/C21H16F2N4O/c1-12-10-16(21(28)25-18-9-8-14(22)11-17(18)23)19-13(2)26-27(20(19)24-12)15-6-4-3-5-7-15/h3-11H,1-2H3,(H,25,28). The summed E-state index contributed by atoms with van der Waals surface area (Å²) < 4.78 is 28.7. The molecular formula is C21H16F2N4O. The minimum atomic E-state index is -0.841. The molecule has 2 heterocycles. The molecule has 2 aromatic carbocycles. The Morgan fingerprint density at radius 1 is 1.04 bits per heavy atom. The molecule has 1 amide bonds. The lowest BCUT2D eigenvalue weighted by Gasteiger charge is -2.09. The first-order valence-electron chi connectivity index (χ1n) is 8.63. The van der Waals surface area contributed by atoms with E-state index in [2.05, 4.69) is 15.4 Å². The average Bonchev–Trinajstić information content (AvgIpc) is 3.00. The van der Waals surface area contributed by atoms with Crippen LogP contribution in [0, 0.1) is 25.5 Å². The number of rotatable bonds is 3. The van der Waals surface area contributed by atoms with Gasteiger partial charge in [-0.15, -0.1) is 0 Å². The number of nitrogens with one attached hydrogen (secondary N) is 1. The number of carbonyl (C=O) groups is 1. The van der Waals surface area contributed by atoms with Crippen molar-refractivity contribution in [2.24, 2.45) is 0 Å². The highest BCUT2D eigenvalue weighted by Gasteiger charge is 2.20. The zero-order valence-corrected chi connectivity index (χ0v) is 15.2. The molecule has 0 aliphatic rings. The molecule has 0 fully saturated rings. The van der Waals surface area contributed by atoms with Gasteiger partial charge < -0.3 is 5.32 Å². The lowest BCUT2D eigenvalue weighted by atomic mass is 10.1. The fourth-order valence-electron chi connectivity index (χ4n) is 3.12. The van der Waals surface area contributed by atoms with E-state index < -0.39 is 17.5 Å². The van der Waals surface area contributed by atoms with Crippen molar-refractivity contribution in [3.05, 3.63) is 83.2 Å². The molecule has 0 unspecified atom stereocenters. The average molecular weight is 378 g/mol. The van der Waals surface area contributed by atoms with Gasteiger partial charge in [0.15, 0.2) is 5.65 Å². The van der Waals surface area contributed by atoms with Crippen molar-refractivity contribution in [3.8, 4) is 5.69 Å². The van der Waals surface area contributed by atoms with Crippen LogP contribution in [0.4, 0.5) is 14.5 Å². The first-order valence-corrected chi connectivity index (χ1v) is 8.63. The predicted octanol–water partition coefficient (Wildman–Crippen LogP) is 4.57. The Balaban J connectivity index is 1.83. The number of halogens is 2. The maximum Gasteiger partial charge on any atom is 0.256 e. The molecule has 0 aliphatic heterocycles. The number of anilines is 1. The van der Waals surface area contributed by atoms with Gasteiger partial charge in [-0.1, -0.05) is 18.2 Å². The monoisotopic (exact) mass is 378 g/mol. The van der Waals surface area contributed by atoms with Crippen LogP contribution in [-0.4, -0.2) is 20.7 Å². The second-order valence-corrected chi connectivity index (χ2v) is 6.42. The van der Waals surface area contributed by atoms with Crippen LogP contribution in [0.5, 0.6) is 0 Å². The molecule has 0 bridgehead atoms. The van der Waals surface area contributed by atoms with Crippen molar-refractivity contribution >= 4 is 22.6 Å². The Morgan fingerprint density at radius 3 is 2.50 bits per heavy atom. The molecule has 4 rings (SSSR count). The van der Waals surface area contributed by atoms with E-state index in [0.29, 0.717) is 28.0 Å². The van der Waals surface area contributed by atoms with Crippen LogP contribution in [0.3, 0.4) is 0 Å². The summed E-state index contributed by atoms with van der Waals surface area (Å²) in [6, 6.07) is 14.1. The smallest absolute Gasteiger partial charge is 0.256 e. The molecule has 4 aromatic rings. The molecule has 0 radical (unpaired) electrons. The third-order valence-electron chi connectivity index (χ3n) is 4.37. The third kappa shape index (κ3) is 3.11. The Morgan fingerprint density at radius 2 is 1.79 bits per heavy atom. The lowest BCUT2D eigenvalue weighted by molar-refractivity contribution is 0.102. The maximum atomic E-state index is 13.9. The fraction of sp³-hybridized carbons (Fsp3) is 0.0952. The lowest BCUT2D eigenvalue weighted by Crippen LogP contribution is -2.14. The van der Waals surface area contributed by atoms with Crippen LogP contribution in [0.1, 0.15) is 21.7 Å². The van der Waals surface area contributed by atoms with Crippen LogP contribution in [0.2, 0.25) is 0 Å². The quantitative estimate of drug-likeness (QED) is 0.568. The van der Waals surface area contributed by atoms with Crippen LogP contribution >= 0.6 is 0 Å². The summed E-state index contributed by atoms with van der Waals surface area (Å²) >= 11 is 0. The van der Waals surface area contributed by atoms with E-state index in [9.17, 15) is 13.6 Å².